The SMILES string of the molecule is O=C(O)c1ccccc1Oc1cccc(S(=O)(=O)c2ccc(CCN(Cc3ccccc3)C[C@H](O)c3cccc(Cl)c3)cc2)c1. The second-order valence-electron chi connectivity index (χ2n) is 10.6. The molecule has 0 fully saturated rings. The number of hydrogen-bond acceptors (Lipinski definition) is 6. The minimum atomic E-state index is -3.87. The topological polar surface area (TPSA) is 104 Å². The molecule has 9 heteroatoms. The molecule has 230 valence electrons. The molecule has 0 aromatic heterocycles. The Morgan fingerprint density at radius 2 is 1.49 bits per heavy atom. The molecule has 0 amide bonds. The van der Waals surface area contributed by atoms with Gasteiger partial charge in [0.1, 0.15) is 17.1 Å². The normalized spacial score (nSPS) is 12.2. The van der Waals surface area contributed by atoms with Crippen LogP contribution >= 0.6 is 11.6 Å². The van der Waals surface area contributed by atoms with Gasteiger partial charge in [-0.1, -0.05) is 84.4 Å². The van der Waals surface area contributed by atoms with Crippen molar-refractivity contribution in [3.8, 4) is 11.5 Å². The summed E-state index contributed by atoms with van der Waals surface area (Å²) in [7, 11) is -3.87. The summed E-state index contributed by atoms with van der Waals surface area (Å²) in [5, 5.41) is 21.0. The van der Waals surface area contributed by atoms with E-state index in [1.807, 2.05) is 42.5 Å². The lowest BCUT2D eigenvalue weighted by atomic mass is 10.1. The van der Waals surface area contributed by atoms with Gasteiger partial charge in [0.05, 0.1) is 15.9 Å². The fourth-order valence-corrected chi connectivity index (χ4v) is 6.46. The van der Waals surface area contributed by atoms with Crippen molar-refractivity contribution in [1.29, 1.82) is 0 Å². The van der Waals surface area contributed by atoms with Crippen LogP contribution in [0.1, 0.15) is 33.2 Å². The highest BCUT2D eigenvalue weighted by Crippen LogP contribution is 2.29. The number of aromatic carboxylic acids is 1. The Hall–Kier alpha value is -4.47. The Morgan fingerprint density at radius 3 is 2.22 bits per heavy atom. The second kappa shape index (κ2) is 14.5. The van der Waals surface area contributed by atoms with Crippen LogP contribution in [0.3, 0.4) is 0 Å². The van der Waals surface area contributed by atoms with E-state index in [-0.39, 0.29) is 26.9 Å². The van der Waals surface area contributed by atoms with Gasteiger partial charge in [-0.3, -0.25) is 4.90 Å². The highest BCUT2D eigenvalue weighted by Gasteiger charge is 2.20. The third-order valence-corrected chi connectivity index (χ3v) is 9.33. The molecule has 0 saturated carbocycles. The van der Waals surface area contributed by atoms with E-state index in [0.29, 0.717) is 31.1 Å². The van der Waals surface area contributed by atoms with Crippen LogP contribution in [0.5, 0.6) is 11.5 Å². The number of aliphatic hydroxyl groups is 1. The van der Waals surface area contributed by atoms with Crippen molar-refractivity contribution in [1.82, 2.24) is 4.90 Å². The standard InChI is InChI=1S/C36H32ClNO6S/c37-29-11-6-10-28(22-29)34(39)25-38(24-27-8-2-1-3-9-27)21-20-26-16-18-31(19-17-26)45(42,43)32-13-7-12-30(23-32)44-35-15-5-4-14-33(35)36(40)41/h1-19,22-23,34,39H,20-21,24-25H2,(H,40,41)/t34-/m0/s1. The Morgan fingerprint density at radius 1 is 0.778 bits per heavy atom. The first-order chi connectivity index (χ1) is 21.7. The molecule has 7 nitrogen and oxygen atoms in total. The maximum absolute atomic E-state index is 13.5. The first-order valence-electron chi connectivity index (χ1n) is 14.3. The zero-order valence-electron chi connectivity index (χ0n) is 24.3. The summed E-state index contributed by atoms with van der Waals surface area (Å²) in [5.74, 6) is -0.819. The number of nitrogens with zero attached hydrogens (tertiary/aromatic N) is 1. The van der Waals surface area contributed by atoms with Crippen molar-refractivity contribution in [3.63, 3.8) is 0 Å². The lowest BCUT2D eigenvalue weighted by molar-refractivity contribution is 0.0694. The van der Waals surface area contributed by atoms with Crippen molar-refractivity contribution >= 4 is 27.4 Å². The molecule has 1 atom stereocenters. The van der Waals surface area contributed by atoms with E-state index in [4.69, 9.17) is 16.3 Å². The van der Waals surface area contributed by atoms with E-state index < -0.39 is 21.9 Å². The van der Waals surface area contributed by atoms with E-state index in [2.05, 4.69) is 4.90 Å². The van der Waals surface area contributed by atoms with E-state index in [9.17, 15) is 23.4 Å². The molecule has 5 rings (SSSR count). The van der Waals surface area contributed by atoms with Gasteiger partial charge in [-0.05, 0) is 77.7 Å². The summed E-state index contributed by atoms with van der Waals surface area (Å²) >= 11 is 6.14. The van der Waals surface area contributed by atoms with Gasteiger partial charge < -0.3 is 14.9 Å². The zero-order chi connectivity index (χ0) is 31.8. The molecule has 2 N–H and O–H groups in total. The number of hydrogen-bond donors (Lipinski definition) is 2. The highest BCUT2D eigenvalue weighted by atomic mass is 35.5. The maximum atomic E-state index is 13.5. The van der Waals surface area contributed by atoms with Crippen LogP contribution in [0.25, 0.3) is 0 Å². The number of sulfone groups is 1. The van der Waals surface area contributed by atoms with E-state index in [1.165, 1.54) is 24.3 Å². The molecule has 0 unspecified atom stereocenters. The summed E-state index contributed by atoms with van der Waals surface area (Å²) in [5.41, 5.74) is 2.79. The fourth-order valence-electron chi connectivity index (χ4n) is 4.96. The Balaban J connectivity index is 1.28. The third-order valence-electron chi connectivity index (χ3n) is 7.33. The molecule has 5 aromatic rings. The number of benzene rings is 5. The molecule has 0 heterocycles. The van der Waals surface area contributed by atoms with Gasteiger partial charge >= 0.3 is 5.97 Å². The molecule has 0 aliphatic carbocycles. The minimum Gasteiger partial charge on any atom is -0.478 e. The van der Waals surface area contributed by atoms with Crippen LogP contribution in [0.2, 0.25) is 5.02 Å². The van der Waals surface area contributed by atoms with Gasteiger partial charge in [0.25, 0.3) is 0 Å². The summed E-state index contributed by atoms with van der Waals surface area (Å²) < 4.78 is 32.7. The fraction of sp³-hybridized carbons (Fsp3) is 0.139. The Bertz CT molecular complexity index is 1860. The summed E-state index contributed by atoms with van der Waals surface area (Å²) in [4.78, 5) is 13.9. The van der Waals surface area contributed by atoms with Gasteiger partial charge in [-0.2, -0.15) is 0 Å². The number of halogens is 1. The number of carboxylic acids is 1. The van der Waals surface area contributed by atoms with Crippen molar-refractivity contribution in [2.45, 2.75) is 28.9 Å². The van der Waals surface area contributed by atoms with Crippen molar-refractivity contribution in [2.24, 2.45) is 0 Å². The smallest absolute Gasteiger partial charge is 0.339 e. The number of carbonyl (C=O) groups is 1. The number of para-hydroxylation sites is 1. The summed E-state index contributed by atoms with van der Waals surface area (Å²) in [6.07, 6.45) is -0.0841. The van der Waals surface area contributed by atoms with Crippen LogP contribution in [0.15, 0.2) is 137 Å². The minimum absolute atomic E-state index is 0.0253. The van der Waals surface area contributed by atoms with Crippen molar-refractivity contribution in [3.05, 3.63) is 155 Å². The van der Waals surface area contributed by atoms with Gasteiger partial charge in [0.15, 0.2) is 0 Å². The van der Waals surface area contributed by atoms with Gasteiger partial charge in [-0.15, -0.1) is 0 Å². The number of carboxylic acid groups (broad SMARTS) is 1. The zero-order valence-corrected chi connectivity index (χ0v) is 25.9. The van der Waals surface area contributed by atoms with Crippen LogP contribution in [-0.2, 0) is 22.8 Å². The summed E-state index contributed by atoms with van der Waals surface area (Å²) in [6.45, 7) is 1.67. The lowest BCUT2D eigenvalue weighted by Crippen LogP contribution is -2.30. The Labute approximate surface area is 267 Å². The summed E-state index contributed by atoms with van der Waals surface area (Å²) in [6, 6.07) is 36.2. The van der Waals surface area contributed by atoms with Crippen LogP contribution in [0.4, 0.5) is 0 Å². The number of ether oxygens (including phenoxy) is 1. The number of aliphatic hydroxyl groups excluding tert-OH is 1. The Kier molecular flexibility index (Phi) is 10.3. The maximum Gasteiger partial charge on any atom is 0.339 e. The quantitative estimate of drug-likeness (QED) is 0.138. The average Bonchev–Trinajstić information content (AvgIpc) is 3.04. The molecule has 0 radical (unpaired) electrons. The van der Waals surface area contributed by atoms with E-state index in [1.54, 1.807) is 60.7 Å². The van der Waals surface area contributed by atoms with Gasteiger partial charge in [0.2, 0.25) is 9.84 Å². The monoisotopic (exact) mass is 641 g/mol. The van der Waals surface area contributed by atoms with Crippen LogP contribution in [0, 0.1) is 0 Å². The predicted octanol–water partition coefficient (Wildman–Crippen LogP) is 7.44. The van der Waals surface area contributed by atoms with Crippen LogP contribution < -0.4 is 4.74 Å². The van der Waals surface area contributed by atoms with Gasteiger partial charge in [0, 0.05) is 24.7 Å². The number of rotatable bonds is 13. The first-order valence-corrected chi connectivity index (χ1v) is 16.2. The molecule has 0 aliphatic rings. The van der Waals surface area contributed by atoms with Crippen molar-refractivity contribution in [2.75, 3.05) is 13.1 Å². The molecular weight excluding hydrogens is 610 g/mol. The third kappa shape index (κ3) is 8.38. The van der Waals surface area contributed by atoms with Crippen molar-refractivity contribution < 1.29 is 28.2 Å². The van der Waals surface area contributed by atoms with E-state index >= 15 is 0 Å². The molecule has 0 saturated heterocycles. The lowest BCUT2D eigenvalue weighted by Gasteiger charge is -2.25. The predicted molar refractivity (Wildman–Crippen MR) is 174 cm³/mol. The highest BCUT2D eigenvalue weighted by molar-refractivity contribution is 7.91. The first kappa shape index (κ1) is 31.9. The molecule has 5 aromatic carbocycles. The largest absolute Gasteiger partial charge is 0.478 e. The van der Waals surface area contributed by atoms with Gasteiger partial charge in [-0.25, -0.2) is 13.2 Å². The van der Waals surface area contributed by atoms with Crippen LogP contribution in [-0.4, -0.2) is 42.6 Å². The van der Waals surface area contributed by atoms with E-state index in [0.717, 1.165) is 16.7 Å². The second-order valence-corrected chi connectivity index (χ2v) is 13.0. The molecule has 0 bridgehead atoms. The average molecular weight is 642 g/mol. The molecule has 0 spiro atoms. The molecule has 0 aliphatic heterocycles. The molecular formula is C36H32ClNO6S. The molecule has 45 heavy (non-hydrogen) atoms.